The van der Waals surface area contributed by atoms with Crippen molar-refractivity contribution in [2.75, 3.05) is 20.7 Å². The van der Waals surface area contributed by atoms with E-state index in [1.54, 1.807) is 6.07 Å². The van der Waals surface area contributed by atoms with Gasteiger partial charge in [0.2, 0.25) is 0 Å². The van der Waals surface area contributed by atoms with Gasteiger partial charge in [-0.05, 0) is 48.8 Å². The third-order valence-corrected chi connectivity index (χ3v) is 4.23. The fourth-order valence-electron chi connectivity index (χ4n) is 3.14. The van der Waals surface area contributed by atoms with Gasteiger partial charge in [-0.1, -0.05) is 30.3 Å². The Morgan fingerprint density at radius 2 is 1.95 bits per heavy atom. The van der Waals surface area contributed by atoms with Gasteiger partial charge in [0.05, 0.1) is 7.11 Å². The second-order valence-corrected chi connectivity index (χ2v) is 5.68. The lowest BCUT2D eigenvalue weighted by Gasteiger charge is -2.19. The van der Waals surface area contributed by atoms with Gasteiger partial charge in [-0.3, -0.25) is 0 Å². The first-order valence-electron chi connectivity index (χ1n) is 7.29. The normalized spacial score (nSPS) is 18.9. The highest BCUT2D eigenvalue weighted by Crippen LogP contribution is 2.36. The van der Waals surface area contributed by atoms with E-state index < -0.39 is 0 Å². The summed E-state index contributed by atoms with van der Waals surface area (Å²) in [4.78, 5) is 2.28. The minimum atomic E-state index is -0.276. The van der Waals surface area contributed by atoms with Crippen molar-refractivity contribution in [1.29, 1.82) is 0 Å². The van der Waals surface area contributed by atoms with E-state index in [1.165, 1.54) is 12.7 Å². The Balaban J connectivity index is 2.11. The quantitative estimate of drug-likeness (QED) is 0.832. The zero-order valence-electron chi connectivity index (χ0n) is 12.5. The standard InChI is InChI=1S/C18H20FNO/c1-20-9-8-15(13-6-4-3-5-7-13)16-11-17(19)18(21-2)10-14(16)12-20/h3-7,10-11,15H,8-9,12H2,1-2H3. The molecule has 0 aliphatic carbocycles. The van der Waals surface area contributed by atoms with Gasteiger partial charge in [-0.2, -0.15) is 0 Å². The summed E-state index contributed by atoms with van der Waals surface area (Å²) in [7, 11) is 3.62. The van der Waals surface area contributed by atoms with Crippen molar-refractivity contribution < 1.29 is 9.13 Å². The summed E-state index contributed by atoms with van der Waals surface area (Å²) < 4.78 is 19.3. The number of hydrogen-bond donors (Lipinski definition) is 0. The Morgan fingerprint density at radius 3 is 2.67 bits per heavy atom. The number of benzene rings is 2. The van der Waals surface area contributed by atoms with Crippen molar-refractivity contribution in [3.8, 4) is 5.75 Å². The largest absolute Gasteiger partial charge is 0.494 e. The average molecular weight is 285 g/mol. The third-order valence-electron chi connectivity index (χ3n) is 4.23. The monoisotopic (exact) mass is 285 g/mol. The molecule has 2 nitrogen and oxygen atoms in total. The van der Waals surface area contributed by atoms with Gasteiger partial charge in [0.15, 0.2) is 11.6 Å². The first-order valence-corrected chi connectivity index (χ1v) is 7.29. The molecule has 0 aromatic heterocycles. The van der Waals surface area contributed by atoms with Crippen LogP contribution in [0, 0.1) is 5.82 Å². The number of hydrogen-bond acceptors (Lipinski definition) is 2. The van der Waals surface area contributed by atoms with Gasteiger partial charge < -0.3 is 9.64 Å². The van der Waals surface area contributed by atoms with E-state index in [1.807, 2.05) is 24.3 Å². The van der Waals surface area contributed by atoms with Crippen LogP contribution in [0.1, 0.15) is 29.0 Å². The second-order valence-electron chi connectivity index (χ2n) is 5.68. The number of rotatable bonds is 2. The fourth-order valence-corrected chi connectivity index (χ4v) is 3.14. The summed E-state index contributed by atoms with van der Waals surface area (Å²) in [5.41, 5.74) is 3.49. The van der Waals surface area contributed by atoms with E-state index in [-0.39, 0.29) is 11.7 Å². The van der Waals surface area contributed by atoms with Gasteiger partial charge in [-0.25, -0.2) is 4.39 Å². The van der Waals surface area contributed by atoms with Crippen molar-refractivity contribution in [3.05, 3.63) is 65.0 Å². The van der Waals surface area contributed by atoms with Gasteiger partial charge in [0.25, 0.3) is 0 Å². The van der Waals surface area contributed by atoms with Crippen LogP contribution in [0.4, 0.5) is 4.39 Å². The summed E-state index contributed by atoms with van der Waals surface area (Å²) in [5.74, 6) is 0.296. The highest BCUT2D eigenvalue weighted by Gasteiger charge is 2.24. The SMILES string of the molecule is COc1cc2c(cc1F)C(c1ccccc1)CCN(C)C2. The predicted molar refractivity (Wildman–Crippen MR) is 82.2 cm³/mol. The Kier molecular flexibility index (Phi) is 3.93. The molecule has 0 N–H and O–H groups in total. The van der Waals surface area contributed by atoms with Crippen LogP contribution in [0.3, 0.4) is 0 Å². The molecule has 1 atom stereocenters. The average Bonchev–Trinajstić information content (AvgIpc) is 2.65. The number of methoxy groups -OCH3 is 1. The van der Waals surface area contributed by atoms with E-state index in [2.05, 4.69) is 24.1 Å². The van der Waals surface area contributed by atoms with Gasteiger partial charge in [0.1, 0.15) is 0 Å². The van der Waals surface area contributed by atoms with Crippen LogP contribution in [-0.2, 0) is 6.54 Å². The molecule has 0 radical (unpaired) electrons. The predicted octanol–water partition coefficient (Wildman–Crippen LogP) is 3.80. The molecule has 0 fully saturated rings. The van der Waals surface area contributed by atoms with Crippen LogP contribution in [0.25, 0.3) is 0 Å². The zero-order valence-corrected chi connectivity index (χ0v) is 12.5. The molecular weight excluding hydrogens is 265 g/mol. The van der Waals surface area contributed by atoms with Crippen LogP contribution in [0.2, 0.25) is 0 Å². The fraction of sp³-hybridized carbons (Fsp3) is 0.333. The maximum absolute atomic E-state index is 14.2. The molecule has 2 aromatic rings. The Bertz CT molecular complexity index is 627. The lowest BCUT2D eigenvalue weighted by molar-refractivity contribution is 0.327. The van der Waals surface area contributed by atoms with Crippen LogP contribution >= 0.6 is 0 Å². The van der Waals surface area contributed by atoms with E-state index in [0.29, 0.717) is 5.75 Å². The third kappa shape index (κ3) is 2.79. The number of fused-ring (bicyclic) bond motifs is 1. The Hall–Kier alpha value is -1.87. The Morgan fingerprint density at radius 1 is 1.19 bits per heavy atom. The summed E-state index contributed by atoms with van der Waals surface area (Å²) >= 11 is 0. The molecule has 2 aromatic carbocycles. The summed E-state index contributed by atoms with van der Waals surface area (Å²) in [6.07, 6.45) is 0.999. The zero-order chi connectivity index (χ0) is 14.8. The molecule has 21 heavy (non-hydrogen) atoms. The lowest BCUT2D eigenvalue weighted by atomic mass is 9.86. The van der Waals surface area contributed by atoms with Gasteiger partial charge >= 0.3 is 0 Å². The lowest BCUT2D eigenvalue weighted by Crippen LogP contribution is -2.17. The maximum atomic E-state index is 14.2. The van der Waals surface area contributed by atoms with Crippen molar-refractivity contribution >= 4 is 0 Å². The van der Waals surface area contributed by atoms with E-state index in [4.69, 9.17) is 4.74 Å². The van der Waals surface area contributed by atoms with E-state index in [0.717, 1.165) is 30.6 Å². The molecule has 0 spiro atoms. The van der Waals surface area contributed by atoms with Crippen LogP contribution in [0.15, 0.2) is 42.5 Å². The molecule has 110 valence electrons. The molecule has 0 saturated carbocycles. The highest BCUT2D eigenvalue weighted by atomic mass is 19.1. The minimum Gasteiger partial charge on any atom is -0.494 e. The van der Waals surface area contributed by atoms with Crippen molar-refractivity contribution in [2.45, 2.75) is 18.9 Å². The van der Waals surface area contributed by atoms with Crippen molar-refractivity contribution in [3.63, 3.8) is 0 Å². The second kappa shape index (κ2) is 5.86. The van der Waals surface area contributed by atoms with Crippen molar-refractivity contribution in [1.82, 2.24) is 4.90 Å². The van der Waals surface area contributed by atoms with Crippen LogP contribution in [0.5, 0.6) is 5.75 Å². The van der Waals surface area contributed by atoms with Crippen LogP contribution < -0.4 is 4.74 Å². The van der Waals surface area contributed by atoms with Crippen molar-refractivity contribution in [2.24, 2.45) is 0 Å². The Labute approximate surface area is 125 Å². The molecule has 0 saturated heterocycles. The van der Waals surface area contributed by atoms with Crippen LogP contribution in [-0.4, -0.2) is 25.6 Å². The minimum absolute atomic E-state index is 0.242. The molecule has 1 aliphatic rings. The summed E-state index contributed by atoms with van der Waals surface area (Å²) in [5, 5.41) is 0. The number of halogens is 1. The van der Waals surface area contributed by atoms with Gasteiger partial charge in [0, 0.05) is 12.5 Å². The summed E-state index contributed by atoms with van der Waals surface area (Å²) in [6, 6.07) is 13.9. The van der Waals surface area contributed by atoms with E-state index in [9.17, 15) is 4.39 Å². The number of ether oxygens (including phenoxy) is 1. The van der Waals surface area contributed by atoms with Gasteiger partial charge in [-0.15, -0.1) is 0 Å². The van der Waals surface area contributed by atoms with E-state index >= 15 is 0 Å². The first-order chi connectivity index (χ1) is 10.2. The molecule has 0 bridgehead atoms. The number of nitrogens with zero attached hydrogens (tertiary/aromatic N) is 1. The smallest absolute Gasteiger partial charge is 0.165 e. The molecular formula is C18H20FNO. The molecule has 1 heterocycles. The molecule has 1 aliphatic heterocycles. The molecule has 1 unspecified atom stereocenters. The maximum Gasteiger partial charge on any atom is 0.165 e. The highest BCUT2D eigenvalue weighted by molar-refractivity contribution is 5.43. The molecule has 3 heteroatoms. The first kappa shape index (κ1) is 14.1. The molecule has 3 rings (SSSR count). The summed E-state index contributed by atoms with van der Waals surface area (Å²) in [6.45, 7) is 1.83. The molecule has 0 amide bonds. The topological polar surface area (TPSA) is 12.5 Å².